The third kappa shape index (κ3) is 75.0. The number of esters is 2. The highest BCUT2D eigenvalue weighted by atomic mass is 79.9. The Hall–Kier alpha value is -5.02. The van der Waals surface area contributed by atoms with Crippen molar-refractivity contribution >= 4 is 133 Å². The van der Waals surface area contributed by atoms with Crippen molar-refractivity contribution in [3.63, 3.8) is 0 Å². The second-order valence-corrected chi connectivity index (χ2v) is 38.2. The molecule has 0 saturated heterocycles. The third-order valence-corrected chi connectivity index (χ3v) is 17.5. The number of thioether (sulfide) groups is 2. The van der Waals surface area contributed by atoms with Crippen LogP contribution in [0.25, 0.3) is 0 Å². The van der Waals surface area contributed by atoms with Crippen LogP contribution in [0.4, 0.5) is 9.59 Å². The standard InChI is InChI=1S/C16H25NO3.C13H21NOS2.2C11H17NO.C10H14O.C8H14O3S.C7H14O2S2.C6H12BrNO2.C4H8OS.H4P2/c1-6-12-8-13(7-2)10-14(9-12)19-11-17-15(18)20-16(3,4)5;1-4-11-6-12(5-2)8-13(7-11)15-9-14-10-17(3)16;2*1-3-9-5-10(4-2)7-11(6-9)13-8-12;1-3-8-5-9(4-2)7-10(11)6-8;1-6(9)12-5-7(10)11-8(2,3)4;1-7(2,3)9-6(8)5-11(4)10;1-6(2,3)10-5(9)8-4-7;1-3-6-4(2)5;1-2/h8-10H,6-7,11H2,1-5H3,(H,17,18);6-8,14H,4-5,9-10H2,1-3H3;2*5-7H,3-4,8,12H2,1-2H3;5-7,11H,3-4H2,1-2H3;5H2,1-4H3;5H2,1-4H3;4H2,1-3H3,(H,8,9);3H2,1-2H3;1-2H2. The van der Waals surface area contributed by atoms with E-state index in [0.717, 1.165) is 111 Å². The average Bonchev–Trinajstić information content (AvgIpc) is 0.868. The quantitative estimate of drug-likeness (QED) is 0.00516. The summed E-state index contributed by atoms with van der Waals surface area (Å²) in [5, 5.41) is 17.6. The number of carbonyl (C=O) groups is 6. The van der Waals surface area contributed by atoms with E-state index in [9.17, 15) is 33.9 Å². The number of hydrogen-bond donors (Lipinski definition) is 6. The number of carbonyl (C=O) groups excluding carboxylic acids is 6. The number of benzene rings is 5. The molecule has 115 heavy (non-hydrogen) atoms. The van der Waals surface area contributed by atoms with Crippen LogP contribution in [0.3, 0.4) is 0 Å². The zero-order valence-electron chi connectivity index (χ0n) is 74.4. The molecule has 29 heteroatoms. The number of nitrogens with one attached hydrogen (secondary N) is 3. The van der Waals surface area contributed by atoms with Gasteiger partial charge in [0.1, 0.15) is 71.3 Å². The van der Waals surface area contributed by atoms with Gasteiger partial charge in [0.15, 0.2) is 17.0 Å². The molecular formula is C86H146BrN5O15P2S6. The maximum absolute atomic E-state index is 11.5. The van der Waals surface area contributed by atoms with E-state index in [1.807, 2.05) is 130 Å². The molecule has 0 radical (unpaired) electrons. The molecule has 0 aliphatic heterocycles. The molecule has 5 aromatic rings. The summed E-state index contributed by atoms with van der Waals surface area (Å²) in [6.45, 7) is 49.3. The van der Waals surface area contributed by atoms with Gasteiger partial charge in [-0.15, -0.1) is 36.8 Å². The minimum absolute atomic E-state index is 0.00678. The van der Waals surface area contributed by atoms with Crippen molar-refractivity contribution in [3.05, 3.63) is 147 Å². The molecule has 0 fully saturated rings. The summed E-state index contributed by atoms with van der Waals surface area (Å²) in [7, 11) is 4.40. The molecule has 4 unspecified atom stereocenters. The number of amides is 2. The van der Waals surface area contributed by atoms with Crippen molar-refractivity contribution in [1.29, 1.82) is 0 Å². The first-order chi connectivity index (χ1) is 53.7. The maximum Gasteiger partial charge on any atom is 0.410 e. The number of rotatable bonds is 28. The van der Waals surface area contributed by atoms with E-state index in [1.165, 1.54) is 74.3 Å². The molecule has 4 atom stereocenters. The predicted octanol–water partition coefficient (Wildman–Crippen LogP) is 19.3. The molecule has 5 aromatic carbocycles. The highest BCUT2D eigenvalue weighted by molar-refractivity contribution is 9.09. The van der Waals surface area contributed by atoms with Gasteiger partial charge in [0.25, 0.3) is 0 Å². The number of alkyl halides is 1. The van der Waals surface area contributed by atoms with Gasteiger partial charge in [0.2, 0.25) is 0 Å². The Morgan fingerprint density at radius 2 is 0.687 bits per heavy atom. The minimum atomic E-state index is -0.498. The van der Waals surface area contributed by atoms with Crippen molar-refractivity contribution < 1.29 is 71.8 Å². The molecule has 0 aliphatic carbocycles. The molecule has 0 aromatic heterocycles. The van der Waals surface area contributed by atoms with Crippen LogP contribution in [0.15, 0.2) is 91.0 Å². The van der Waals surface area contributed by atoms with Crippen molar-refractivity contribution in [2.45, 2.75) is 260 Å². The first-order valence-corrected chi connectivity index (χ1v) is 50.0. The van der Waals surface area contributed by atoms with E-state index >= 15 is 0 Å². The van der Waals surface area contributed by atoms with Gasteiger partial charge in [-0.05, 0) is 282 Å². The Balaban J connectivity index is -0.000000399. The highest BCUT2D eigenvalue weighted by Gasteiger charge is 2.19. The van der Waals surface area contributed by atoms with Crippen molar-refractivity contribution in [3.8, 4) is 28.7 Å². The Morgan fingerprint density at radius 1 is 0.417 bits per heavy atom. The molecule has 0 aliphatic rings. The van der Waals surface area contributed by atoms with Crippen LogP contribution in [0.5, 0.6) is 28.7 Å². The van der Waals surface area contributed by atoms with Gasteiger partial charge in [-0.1, -0.05) is 168 Å². The Morgan fingerprint density at radius 3 is 0.922 bits per heavy atom. The van der Waals surface area contributed by atoms with Crippen molar-refractivity contribution in [2.24, 2.45) is 11.5 Å². The monoisotopic (exact) mass is 1820 g/mol. The van der Waals surface area contributed by atoms with E-state index in [1.54, 1.807) is 27.7 Å². The second kappa shape index (κ2) is 69.7. The van der Waals surface area contributed by atoms with Gasteiger partial charge in [-0.25, -0.2) is 9.59 Å². The molecule has 2 amide bonds. The Kier molecular flexibility index (Phi) is 71.9. The number of aromatic hydroxyl groups is 1. The summed E-state index contributed by atoms with van der Waals surface area (Å²) < 4.78 is 41.8. The fraction of sp³-hybridized carbons (Fsp3) is 0.581. The summed E-state index contributed by atoms with van der Waals surface area (Å²) in [5.74, 6) is 5.55. The van der Waals surface area contributed by atoms with Gasteiger partial charge in [0, 0.05) is 19.7 Å². The van der Waals surface area contributed by atoms with Crippen LogP contribution < -0.4 is 46.4 Å². The van der Waals surface area contributed by atoms with Crippen LogP contribution in [0, 0.1) is 0 Å². The SMILES string of the molecule is CC(=O)SCC(=O)OC(C)(C)C.CC(C)(C)OC(=O)NCBr.CCSC(C)=O.CCc1cc(CC)cc(OCN)c1.CCc1cc(CC)cc(OCN)c1.CCc1cc(CC)cc(OCNC(=O)OC(C)(C)C)c1.CCc1cc(CC)cc(OCNCS(C)=S)c1.CCc1cc(O)cc(CC)c1.CS(=S)CC(=O)OC(C)(C)C.PP. The highest BCUT2D eigenvalue weighted by Crippen LogP contribution is 2.23. The van der Waals surface area contributed by atoms with Gasteiger partial charge >= 0.3 is 24.1 Å². The largest absolute Gasteiger partial charge is 0.508 e. The molecule has 0 saturated carbocycles. The normalized spacial score (nSPS) is 10.9. The molecule has 20 nitrogen and oxygen atoms in total. The van der Waals surface area contributed by atoms with E-state index in [-0.39, 0.29) is 72.6 Å². The van der Waals surface area contributed by atoms with Crippen LogP contribution in [-0.2, 0) is 144 Å². The van der Waals surface area contributed by atoms with Crippen LogP contribution in [0.2, 0.25) is 0 Å². The summed E-state index contributed by atoms with van der Waals surface area (Å²) in [6.07, 6.45) is 13.1. The van der Waals surface area contributed by atoms with E-state index in [4.69, 9.17) is 71.7 Å². The number of phenolic OH excluding ortho intramolecular Hbond substituents is 1. The number of nitrogens with two attached hydrogens (primary N) is 2. The zero-order valence-corrected chi connectivity index (χ0v) is 83.2. The summed E-state index contributed by atoms with van der Waals surface area (Å²) in [5.41, 5.74) is 22.1. The summed E-state index contributed by atoms with van der Waals surface area (Å²) >= 11 is 15.3. The van der Waals surface area contributed by atoms with Crippen molar-refractivity contribution in [2.75, 3.05) is 68.0 Å². The smallest absolute Gasteiger partial charge is 0.410 e. The van der Waals surface area contributed by atoms with Gasteiger partial charge in [-0.2, -0.15) is 0 Å². The fourth-order valence-electron chi connectivity index (χ4n) is 8.68. The fourth-order valence-corrected chi connectivity index (χ4v) is 11.0. The van der Waals surface area contributed by atoms with E-state index in [2.05, 4.69) is 161 Å². The number of aryl methyl sites for hydroxylation is 10. The number of alkyl carbamates (subject to hydrolysis) is 2. The minimum Gasteiger partial charge on any atom is -0.508 e. The van der Waals surface area contributed by atoms with Crippen LogP contribution in [0.1, 0.15) is 229 Å². The Labute approximate surface area is 729 Å². The third-order valence-electron chi connectivity index (χ3n) is 13.7. The van der Waals surface area contributed by atoms with Crippen molar-refractivity contribution in [1.82, 2.24) is 16.0 Å². The molecule has 5 rings (SSSR count). The van der Waals surface area contributed by atoms with E-state index < -0.39 is 29.0 Å². The van der Waals surface area contributed by atoms with Gasteiger partial charge in [0.05, 0.1) is 17.0 Å². The number of ether oxygens (including phenoxy) is 8. The first-order valence-electron chi connectivity index (χ1n) is 38.8. The zero-order chi connectivity index (χ0) is 89.5. The predicted molar refractivity (Wildman–Crippen MR) is 508 cm³/mol. The lowest BCUT2D eigenvalue weighted by Gasteiger charge is -2.19. The van der Waals surface area contributed by atoms with Crippen LogP contribution in [-0.4, -0.2) is 130 Å². The maximum atomic E-state index is 11.5. The van der Waals surface area contributed by atoms with Gasteiger partial charge < -0.3 is 48.3 Å². The first kappa shape index (κ1) is 119. The molecule has 0 spiro atoms. The number of phenols is 1. The lowest BCUT2D eigenvalue weighted by molar-refractivity contribution is -0.152. The molecule has 658 valence electrons. The molecular weight excluding hydrogens is 1680 g/mol. The second-order valence-electron chi connectivity index (χ2n) is 28.7. The summed E-state index contributed by atoms with van der Waals surface area (Å²) in [4.78, 5) is 64.6. The topological polar surface area (TPSA) is 285 Å². The number of halogens is 1. The van der Waals surface area contributed by atoms with Crippen LogP contribution >= 0.6 is 57.3 Å². The molecule has 0 heterocycles. The summed E-state index contributed by atoms with van der Waals surface area (Å²) in [6, 6.07) is 31.0. The lowest BCUT2D eigenvalue weighted by Crippen LogP contribution is -2.34. The Bertz CT molecular complexity index is 3390. The molecule has 8 N–H and O–H groups in total. The van der Waals surface area contributed by atoms with E-state index in [0.29, 0.717) is 23.7 Å². The number of hydrogen-bond acceptors (Lipinski definition) is 22. The lowest BCUT2D eigenvalue weighted by atomic mass is 10.1. The van der Waals surface area contributed by atoms with Gasteiger partial charge in [-0.3, -0.25) is 41.3 Å². The average molecular weight is 1820 g/mol. The molecule has 0 bridgehead atoms.